The molecule has 11 heteroatoms. The van der Waals surface area contributed by atoms with Crippen molar-refractivity contribution in [3.63, 3.8) is 0 Å². The zero-order chi connectivity index (χ0) is 27.5. The van der Waals surface area contributed by atoms with Gasteiger partial charge in [0.25, 0.3) is 0 Å². The first kappa shape index (κ1) is 30.0. The van der Waals surface area contributed by atoms with Crippen LogP contribution in [0.4, 0.5) is 0 Å². The molecule has 206 valence electrons. The number of carbonyl (C=O) groups excluding carboxylic acids is 3. The predicted octanol–water partition coefficient (Wildman–Crippen LogP) is 0.482. The summed E-state index contributed by atoms with van der Waals surface area (Å²) in [7, 11) is 0. The average molecular weight is 520 g/mol. The van der Waals surface area contributed by atoms with Crippen LogP contribution in [0.3, 0.4) is 0 Å². The summed E-state index contributed by atoms with van der Waals surface area (Å²) in [6.45, 7) is 4.60. The fourth-order valence-corrected chi connectivity index (χ4v) is 4.45. The van der Waals surface area contributed by atoms with Gasteiger partial charge in [0.15, 0.2) is 0 Å². The highest BCUT2D eigenvalue weighted by Crippen LogP contribution is 2.20. The maximum absolute atomic E-state index is 13.5. The number of carboxylic acid groups (broad SMARTS) is 1. The van der Waals surface area contributed by atoms with Crippen molar-refractivity contribution in [2.45, 2.75) is 83.0 Å². The fourth-order valence-electron chi connectivity index (χ4n) is 4.45. The number of amides is 3. The summed E-state index contributed by atoms with van der Waals surface area (Å²) >= 11 is 0. The van der Waals surface area contributed by atoms with E-state index in [-0.39, 0.29) is 24.6 Å². The van der Waals surface area contributed by atoms with Gasteiger partial charge in [0.1, 0.15) is 23.9 Å². The number of rotatable bonds is 14. The molecule has 1 saturated heterocycles. The van der Waals surface area contributed by atoms with Crippen LogP contribution >= 0.6 is 0 Å². The van der Waals surface area contributed by atoms with Crippen LogP contribution in [0.15, 0.2) is 24.3 Å². The van der Waals surface area contributed by atoms with Crippen LogP contribution in [0.2, 0.25) is 0 Å². The van der Waals surface area contributed by atoms with E-state index in [1.165, 1.54) is 17.0 Å². The lowest BCUT2D eigenvalue weighted by molar-refractivity contribution is -0.149. The Morgan fingerprint density at radius 3 is 2.30 bits per heavy atom. The predicted molar refractivity (Wildman–Crippen MR) is 138 cm³/mol. The summed E-state index contributed by atoms with van der Waals surface area (Å²) < 4.78 is 0. The molecule has 1 aliphatic rings. The number of nitrogens with zero attached hydrogens (tertiary/aromatic N) is 1. The SMILES string of the molecule is CC(C)CC(NC(=O)C(N)CCCCN)C(=O)NC(Cc1ccc(O)cc1)C(=O)N1CCCC1C(=O)O. The molecule has 1 heterocycles. The standard InChI is InChI=1S/C26H41N5O6/c1-16(2)14-20(29-23(33)19(28)6-3-4-12-27)24(34)30-21(15-17-8-10-18(32)11-9-17)25(35)31-13-5-7-22(31)26(36)37/h8-11,16,19-22,32H,3-7,12-15,27-28H2,1-2H3,(H,29,33)(H,30,34)(H,36,37). The Bertz CT molecular complexity index is 923. The number of phenolic OH excluding ortho intramolecular Hbond substituents is 1. The Morgan fingerprint density at radius 1 is 1.05 bits per heavy atom. The van der Waals surface area contributed by atoms with E-state index in [0.29, 0.717) is 44.2 Å². The lowest BCUT2D eigenvalue weighted by atomic mass is 10.00. The minimum absolute atomic E-state index is 0.0589. The van der Waals surface area contributed by atoms with Gasteiger partial charge in [0.2, 0.25) is 17.7 Å². The highest BCUT2D eigenvalue weighted by atomic mass is 16.4. The molecule has 4 unspecified atom stereocenters. The van der Waals surface area contributed by atoms with Crippen LogP contribution in [0.5, 0.6) is 5.75 Å². The topological polar surface area (TPSA) is 188 Å². The number of nitrogens with one attached hydrogen (secondary N) is 2. The zero-order valence-corrected chi connectivity index (χ0v) is 21.7. The molecule has 11 nitrogen and oxygen atoms in total. The van der Waals surface area contributed by atoms with Crippen molar-refractivity contribution in [3.05, 3.63) is 29.8 Å². The van der Waals surface area contributed by atoms with Crippen LogP contribution in [0, 0.1) is 5.92 Å². The molecule has 1 fully saturated rings. The molecule has 0 radical (unpaired) electrons. The third kappa shape index (κ3) is 9.32. The third-order valence-electron chi connectivity index (χ3n) is 6.46. The van der Waals surface area contributed by atoms with Crippen molar-refractivity contribution in [3.8, 4) is 5.75 Å². The van der Waals surface area contributed by atoms with Crippen LogP contribution in [0.1, 0.15) is 57.9 Å². The number of phenols is 1. The van der Waals surface area contributed by atoms with E-state index in [4.69, 9.17) is 11.5 Å². The second-order valence-corrected chi connectivity index (χ2v) is 10.0. The van der Waals surface area contributed by atoms with Crippen LogP contribution in [-0.4, -0.2) is 76.1 Å². The average Bonchev–Trinajstić information content (AvgIpc) is 3.34. The number of unbranched alkanes of at least 4 members (excludes halogenated alkanes) is 1. The van der Waals surface area contributed by atoms with Gasteiger partial charge in [0.05, 0.1) is 6.04 Å². The highest BCUT2D eigenvalue weighted by molar-refractivity contribution is 5.94. The minimum atomic E-state index is -1.09. The molecule has 0 spiro atoms. The number of likely N-dealkylation sites (tertiary alicyclic amines) is 1. The van der Waals surface area contributed by atoms with Gasteiger partial charge in [-0.25, -0.2) is 4.79 Å². The normalized spacial score (nSPS) is 17.8. The molecule has 0 bridgehead atoms. The van der Waals surface area contributed by atoms with Crippen molar-refractivity contribution >= 4 is 23.7 Å². The molecule has 1 aromatic rings. The maximum atomic E-state index is 13.5. The van der Waals surface area contributed by atoms with Crippen molar-refractivity contribution < 1.29 is 29.4 Å². The summed E-state index contributed by atoms with van der Waals surface area (Å²) in [4.78, 5) is 52.5. The number of hydrogen-bond acceptors (Lipinski definition) is 7. The van der Waals surface area contributed by atoms with Gasteiger partial charge in [-0.15, -0.1) is 0 Å². The number of benzene rings is 1. The lowest BCUT2D eigenvalue weighted by Crippen LogP contribution is -2.57. The van der Waals surface area contributed by atoms with Crippen LogP contribution < -0.4 is 22.1 Å². The van der Waals surface area contributed by atoms with E-state index < -0.39 is 47.9 Å². The molecular weight excluding hydrogens is 478 g/mol. The van der Waals surface area contributed by atoms with Gasteiger partial charge in [0, 0.05) is 13.0 Å². The number of aliphatic carboxylic acids is 1. The molecule has 2 rings (SSSR count). The highest BCUT2D eigenvalue weighted by Gasteiger charge is 2.38. The Balaban J connectivity index is 2.22. The summed E-state index contributed by atoms with van der Waals surface area (Å²) in [5.74, 6) is -2.47. The van der Waals surface area contributed by atoms with E-state index in [2.05, 4.69) is 10.6 Å². The third-order valence-corrected chi connectivity index (χ3v) is 6.46. The fraction of sp³-hybridized carbons (Fsp3) is 0.615. The second-order valence-electron chi connectivity index (χ2n) is 10.0. The van der Waals surface area contributed by atoms with Crippen molar-refractivity contribution in [1.29, 1.82) is 0 Å². The quantitative estimate of drug-likeness (QED) is 0.191. The van der Waals surface area contributed by atoms with E-state index in [1.54, 1.807) is 12.1 Å². The molecule has 0 aliphatic carbocycles. The molecule has 3 amide bonds. The van der Waals surface area contributed by atoms with E-state index in [0.717, 1.165) is 6.42 Å². The molecule has 0 saturated carbocycles. The van der Waals surface area contributed by atoms with Gasteiger partial charge < -0.3 is 37.2 Å². The maximum Gasteiger partial charge on any atom is 0.326 e. The van der Waals surface area contributed by atoms with Crippen molar-refractivity contribution in [2.75, 3.05) is 13.1 Å². The van der Waals surface area contributed by atoms with Crippen LogP contribution in [-0.2, 0) is 25.6 Å². The first-order valence-electron chi connectivity index (χ1n) is 12.9. The van der Waals surface area contributed by atoms with E-state index in [1.807, 2.05) is 13.8 Å². The summed E-state index contributed by atoms with van der Waals surface area (Å²) in [6, 6.07) is 2.50. The number of nitrogens with two attached hydrogens (primary N) is 2. The molecular formula is C26H41N5O6. The van der Waals surface area contributed by atoms with Gasteiger partial charge in [-0.1, -0.05) is 32.4 Å². The molecule has 0 aromatic heterocycles. The number of hydrogen-bond donors (Lipinski definition) is 6. The summed E-state index contributed by atoms with van der Waals surface area (Å²) in [5.41, 5.74) is 12.2. The van der Waals surface area contributed by atoms with Gasteiger partial charge in [-0.2, -0.15) is 0 Å². The first-order valence-corrected chi connectivity index (χ1v) is 12.9. The molecule has 37 heavy (non-hydrogen) atoms. The lowest BCUT2D eigenvalue weighted by Gasteiger charge is -2.29. The zero-order valence-electron chi connectivity index (χ0n) is 21.7. The first-order chi connectivity index (χ1) is 17.5. The Hall–Kier alpha value is -3.18. The van der Waals surface area contributed by atoms with Gasteiger partial charge in [-0.3, -0.25) is 14.4 Å². The number of aromatic hydroxyl groups is 1. The molecule has 1 aliphatic heterocycles. The monoisotopic (exact) mass is 519 g/mol. The van der Waals surface area contributed by atoms with Gasteiger partial charge in [-0.05, 0) is 62.3 Å². The van der Waals surface area contributed by atoms with Crippen molar-refractivity contribution in [1.82, 2.24) is 15.5 Å². The largest absolute Gasteiger partial charge is 0.508 e. The second kappa shape index (κ2) is 14.5. The molecule has 8 N–H and O–H groups in total. The van der Waals surface area contributed by atoms with Crippen LogP contribution in [0.25, 0.3) is 0 Å². The Kier molecular flexibility index (Phi) is 11.8. The molecule has 1 aromatic carbocycles. The Morgan fingerprint density at radius 2 is 1.70 bits per heavy atom. The van der Waals surface area contributed by atoms with Gasteiger partial charge >= 0.3 is 5.97 Å². The smallest absolute Gasteiger partial charge is 0.326 e. The molecule has 4 atom stereocenters. The summed E-state index contributed by atoms with van der Waals surface area (Å²) in [6.07, 6.45) is 3.18. The van der Waals surface area contributed by atoms with Crippen molar-refractivity contribution in [2.24, 2.45) is 17.4 Å². The summed E-state index contributed by atoms with van der Waals surface area (Å²) in [5, 5.41) is 24.6. The number of carboxylic acids is 1. The van der Waals surface area contributed by atoms with E-state index in [9.17, 15) is 29.4 Å². The van der Waals surface area contributed by atoms with E-state index >= 15 is 0 Å². The number of carbonyl (C=O) groups is 4. The Labute approximate surface area is 217 Å². The minimum Gasteiger partial charge on any atom is -0.508 e.